The lowest BCUT2D eigenvalue weighted by molar-refractivity contribution is -0.118. The van der Waals surface area contributed by atoms with Crippen molar-refractivity contribution in [2.24, 2.45) is 0 Å². The van der Waals surface area contributed by atoms with Crippen LogP contribution in [0.1, 0.15) is 37.8 Å². The summed E-state index contributed by atoms with van der Waals surface area (Å²) in [5, 5.41) is 3.18. The van der Waals surface area contributed by atoms with Crippen LogP contribution in [-0.2, 0) is 14.8 Å². The number of carbonyl (C=O) groups is 1. The number of amides is 1. The Morgan fingerprint density at radius 3 is 2.39 bits per heavy atom. The molecular formula is C20H22ClFN2O3S. The molecule has 1 heterocycles. The fraction of sp³-hybridized carbons (Fsp3) is 0.350. The lowest BCUT2D eigenvalue weighted by Gasteiger charge is -2.30. The van der Waals surface area contributed by atoms with E-state index in [0.717, 1.165) is 5.56 Å². The molecule has 28 heavy (non-hydrogen) atoms. The van der Waals surface area contributed by atoms with Crippen LogP contribution in [0.25, 0.3) is 0 Å². The van der Waals surface area contributed by atoms with Gasteiger partial charge in [0.15, 0.2) is 0 Å². The molecule has 0 bridgehead atoms. The third-order valence-electron chi connectivity index (χ3n) is 4.94. The average molecular weight is 425 g/mol. The van der Waals surface area contributed by atoms with Crippen LogP contribution in [0.5, 0.6) is 0 Å². The molecule has 1 saturated heterocycles. The molecule has 0 spiro atoms. The van der Waals surface area contributed by atoms with Gasteiger partial charge in [0.1, 0.15) is 5.82 Å². The monoisotopic (exact) mass is 424 g/mol. The van der Waals surface area contributed by atoms with Gasteiger partial charge in [-0.3, -0.25) is 4.79 Å². The van der Waals surface area contributed by atoms with E-state index in [2.05, 4.69) is 5.32 Å². The summed E-state index contributed by atoms with van der Waals surface area (Å²) in [6.07, 6.45) is 1.79. The highest BCUT2D eigenvalue weighted by Crippen LogP contribution is 2.41. The first-order chi connectivity index (χ1) is 13.3. The van der Waals surface area contributed by atoms with Crippen LogP contribution in [0.4, 0.5) is 4.39 Å². The fourth-order valence-corrected chi connectivity index (χ4v) is 5.65. The van der Waals surface area contributed by atoms with Crippen LogP contribution in [0, 0.1) is 5.82 Å². The van der Waals surface area contributed by atoms with Crippen molar-refractivity contribution in [1.82, 2.24) is 9.62 Å². The van der Waals surface area contributed by atoms with Crippen molar-refractivity contribution in [3.05, 3.63) is 64.9 Å². The summed E-state index contributed by atoms with van der Waals surface area (Å²) in [6, 6.07) is 11.4. The summed E-state index contributed by atoms with van der Waals surface area (Å²) >= 11 is 5.90. The highest BCUT2D eigenvalue weighted by atomic mass is 35.5. The second kappa shape index (κ2) is 8.59. The Labute approximate surface area is 169 Å². The summed E-state index contributed by atoms with van der Waals surface area (Å²) in [4.78, 5) is 11.3. The van der Waals surface area contributed by atoms with Gasteiger partial charge in [-0.15, -0.1) is 0 Å². The minimum absolute atomic E-state index is 0.153. The molecule has 1 aliphatic heterocycles. The Hall–Kier alpha value is -1.96. The van der Waals surface area contributed by atoms with E-state index in [1.807, 2.05) is 0 Å². The van der Waals surface area contributed by atoms with Crippen LogP contribution < -0.4 is 5.32 Å². The van der Waals surface area contributed by atoms with Gasteiger partial charge < -0.3 is 5.32 Å². The van der Waals surface area contributed by atoms with Gasteiger partial charge in [0.2, 0.25) is 15.9 Å². The Kier molecular flexibility index (Phi) is 6.37. The predicted molar refractivity (Wildman–Crippen MR) is 106 cm³/mol. The highest BCUT2D eigenvalue weighted by molar-refractivity contribution is 7.89. The number of sulfonamides is 1. The summed E-state index contributed by atoms with van der Waals surface area (Å²) in [5.74, 6) is -0.517. The third-order valence-corrected chi connectivity index (χ3v) is 7.16. The van der Waals surface area contributed by atoms with Crippen LogP contribution >= 0.6 is 11.6 Å². The Morgan fingerprint density at radius 1 is 1.14 bits per heavy atom. The molecule has 2 atom stereocenters. The van der Waals surface area contributed by atoms with Crippen molar-refractivity contribution in [3.63, 3.8) is 0 Å². The summed E-state index contributed by atoms with van der Waals surface area (Å²) in [7, 11) is -3.79. The minimum atomic E-state index is -3.79. The normalized spacial score (nSPS) is 20.2. The van der Waals surface area contributed by atoms with Crippen LogP contribution in [0.2, 0.25) is 5.02 Å². The smallest absolute Gasteiger partial charge is 0.243 e. The first kappa shape index (κ1) is 20.8. The molecule has 1 fully saturated rings. The van der Waals surface area contributed by atoms with Gasteiger partial charge in [-0.2, -0.15) is 4.31 Å². The van der Waals surface area contributed by atoms with Crippen molar-refractivity contribution in [2.45, 2.75) is 43.2 Å². The van der Waals surface area contributed by atoms with Gasteiger partial charge >= 0.3 is 0 Å². The zero-order chi connectivity index (χ0) is 20.3. The van der Waals surface area contributed by atoms with Crippen LogP contribution in [0.15, 0.2) is 53.4 Å². The number of hydrogen-bond acceptors (Lipinski definition) is 3. The largest absolute Gasteiger partial charge is 0.356 e. The lowest BCUT2D eigenvalue weighted by atomic mass is 10.1. The molecule has 0 saturated carbocycles. The van der Waals surface area contributed by atoms with E-state index in [4.69, 9.17) is 11.6 Å². The molecule has 0 radical (unpaired) electrons. The molecule has 2 aromatic rings. The van der Waals surface area contributed by atoms with Crippen molar-refractivity contribution in [2.75, 3.05) is 6.54 Å². The van der Waals surface area contributed by atoms with Crippen LogP contribution in [0.3, 0.4) is 0 Å². The van der Waals surface area contributed by atoms with Gasteiger partial charge in [0.05, 0.1) is 10.9 Å². The first-order valence-electron chi connectivity index (χ1n) is 9.08. The number of carbonyl (C=O) groups excluding carboxylic acids is 1. The molecular weight excluding hydrogens is 403 g/mol. The van der Waals surface area contributed by atoms with E-state index in [-0.39, 0.29) is 28.7 Å². The molecule has 0 aromatic heterocycles. The van der Waals surface area contributed by atoms with Crippen molar-refractivity contribution >= 4 is 27.5 Å². The molecule has 150 valence electrons. The number of halogens is 2. The first-order valence-corrected chi connectivity index (χ1v) is 10.9. The number of rotatable bonds is 6. The van der Waals surface area contributed by atoms with E-state index >= 15 is 0 Å². The van der Waals surface area contributed by atoms with E-state index < -0.39 is 10.0 Å². The SMILES string of the molecule is CC(=O)NCCC1CCC(c2ccc(F)cc2)N1S(=O)(=O)c1ccc(Cl)cc1. The second-order valence-electron chi connectivity index (χ2n) is 6.86. The maximum absolute atomic E-state index is 13.4. The zero-order valence-electron chi connectivity index (χ0n) is 15.4. The molecule has 5 nitrogen and oxygen atoms in total. The number of benzene rings is 2. The minimum Gasteiger partial charge on any atom is -0.356 e. The van der Waals surface area contributed by atoms with E-state index in [1.54, 1.807) is 24.3 Å². The molecule has 2 aromatic carbocycles. The number of hydrogen-bond donors (Lipinski definition) is 1. The molecule has 3 rings (SSSR count). The number of nitrogens with zero attached hydrogens (tertiary/aromatic N) is 1. The molecule has 8 heteroatoms. The Morgan fingerprint density at radius 2 is 1.79 bits per heavy atom. The van der Waals surface area contributed by atoms with Gasteiger partial charge in [-0.25, -0.2) is 12.8 Å². The fourth-order valence-electron chi connectivity index (χ4n) is 3.64. The molecule has 1 N–H and O–H groups in total. The van der Waals surface area contributed by atoms with Crippen molar-refractivity contribution in [3.8, 4) is 0 Å². The quantitative estimate of drug-likeness (QED) is 0.764. The Bertz CT molecular complexity index is 933. The molecule has 0 aliphatic carbocycles. The third kappa shape index (κ3) is 4.54. The highest BCUT2D eigenvalue weighted by Gasteiger charge is 2.42. The van der Waals surface area contributed by atoms with Crippen LogP contribution in [-0.4, -0.2) is 31.2 Å². The van der Waals surface area contributed by atoms with Gasteiger partial charge in [-0.1, -0.05) is 23.7 Å². The number of nitrogens with one attached hydrogen (secondary N) is 1. The van der Waals surface area contributed by atoms with Crippen molar-refractivity contribution in [1.29, 1.82) is 0 Å². The maximum Gasteiger partial charge on any atom is 0.243 e. The lowest BCUT2D eigenvalue weighted by Crippen LogP contribution is -2.39. The van der Waals surface area contributed by atoms with Gasteiger partial charge in [0, 0.05) is 24.5 Å². The van der Waals surface area contributed by atoms with Crippen molar-refractivity contribution < 1.29 is 17.6 Å². The van der Waals surface area contributed by atoms with Gasteiger partial charge in [-0.05, 0) is 61.2 Å². The maximum atomic E-state index is 13.4. The molecule has 1 amide bonds. The van der Waals surface area contributed by atoms with E-state index in [0.29, 0.717) is 30.8 Å². The summed E-state index contributed by atoms with van der Waals surface area (Å²) in [6.45, 7) is 1.82. The average Bonchev–Trinajstić information content (AvgIpc) is 3.07. The predicted octanol–water partition coefficient (Wildman–Crippen LogP) is 3.90. The summed E-state index contributed by atoms with van der Waals surface area (Å²) in [5.41, 5.74) is 0.751. The summed E-state index contributed by atoms with van der Waals surface area (Å²) < 4.78 is 41.7. The molecule has 2 unspecified atom stereocenters. The van der Waals surface area contributed by atoms with E-state index in [9.17, 15) is 17.6 Å². The van der Waals surface area contributed by atoms with Gasteiger partial charge in [0.25, 0.3) is 0 Å². The topological polar surface area (TPSA) is 66.5 Å². The molecule has 1 aliphatic rings. The standard InChI is InChI=1S/C20H22ClFN2O3S/c1-14(25)23-13-12-18-8-11-20(15-2-6-17(22)7-3-15)24(18)28(26,27)19-9-4-16(21)5-10-19/h2-7,9-10,18,20H,8,11-13H2,1H3,(H,23,25). The van der Waals surface area contributed by atoms with E-state index in [1.165, 1.54) is 35.5 Å². The second-order valence-corrected chi connectivity index (χ2v) is 9.14. The Balaban J connectivity index is 1.95. The zero-order valence-corrected chi connectivity index (χ0v) is 17.0.